The van der Waals surface area contributed by atoms with E-state index in [0.29, 0.717) is 5.69 Å². The van der Waals surface area contributed by atoms with Gasteiger partial charge in [0.25, 0.3) is 0 Å². The van der Waals surface area contributed by atoms with E-state index >= 15 is 0 Å². The molecule has 0 aliphatic carbocycles. The quantitative estimate of drug-likeness (QED) is 0.295. The molecular formula is C29H28N4O4S. The molecule has 0 unspecified atom stereocenters. The second-order valence-electron chi connectivity index (χ2n) is 8.71. The van der Waals surface area contributed by atoms with Gasteiger partial charge in [0, 0.05) is 42.9 Å². The smallest absolute Gasteiger partial charge is 0.348 e. The number of carboxylic acid groups (broad SMARTS) is 1. The number of rotatable bonds is 5. The first kappa shape index (κ1) is 26.6. The highest BCUT2D eigenvalue weighted by Gasteiger charge is 2.21. The Morgan fingerprint density at radius 2 is 1.74 bits per heavy atom. The van der Waals surface area contributed by atoms with Gasteiger partial charge in [0.2, 0.25) is 5.91 Å². The Morgan fingerprint density at radius 1 is 1.03 bits per heavy atom. The Bertz CT molecular complexity index is 1570. The summed E-state index contributed by atoms with van der Waals surface area (Å²) >= 11 is 1.15. The van der Waals surface area contributed by atoms with Gasteiger partial charge in [-0.1, -0.05) is 42.0 Å². The number of carbonyl (C=O) groups is 2. The molecule has 8 nitrogen and oxygen atoms in total. The first-order valence-corrected chi connectivity index (χ1v) is 12.6. The standard InChI is InChI=1S/C20H16N4O3S.C9H12O/c1-12(25)23(2)16-11-17(28-19(16)20(26)27)14-6-4-13(5-7-14)15-10-18-21-8-3-9-24(18)22-15;1-7-4-5-9(10-3)8(2)6-7/h3-11H,1-2H3,(H,26,27);4-6H,1-3H3. The Hall–Kier alpha value is -4.50. The maximum atomic E-state index is 11.7. The van der Waals surface area contributed by atoms with Gasteiger partial charge in [-0.05, 0) is 43.2 Å². The summed E-state index contributed by atoms with van der Waals surface area (Å²) < 4.78 is 6.81. The van der Waals surface area contributed by atoms with E-state index < -0.39 is 5.97 Å². The molecule has 0 radical (unpaired) electrons. The van der Waals surface area contributed by atoms with Crippen LogP contribution in [0.1, 0.15) is 27.7 Å². The number of nitrogens with zero attached hydrogens (tertiary/aromatic N) is 4. The van der Waals surface area contributed by atoms with Gasteiger partial charge in [-0.3, -0.25) is 4.79 Å². The predicted molar refractivity (Wildman–Crippen MR) is 150 cm³/mol. The minimum absolute atomic E-state index is 0.142. The van der Waals surface area contributed by atoms with Gasteiger partial charge in [-0.25, -0.2) is 14.3 Å². The van der Waals surface area contributed by atoms with Crippen molar-refractivity contribution in [2.24, 2.45) is 0 Å². The first-order valence-electron chi connectivity index (χ1n) is 11.8. The number of ether oxygens (including phenoxy) is 1. The van der Waals surface area contributed by atoms with E-state index in [1.54, 1.807) is 30.9 Å². The lowest BCUT2D eigenvalue weighted by Crippen LogP contribution is -2.23. The van der Waals surface area contributed by atoms with Crippen molar-refractivity contribution < 1.29 is 19.4 Å². The molecule has 0 saturated heterocycles. The topological polar surface area (TPSA) is 97.0 Å². The van der Waals surface area contributed by atoms with Crippen molar-refractivity contribution in [3.05, 3.63) is 89.1 Å². The van der Waals surface area contributed by atoms with Crippen LogP contribution in [0.5, 0.6) is 5.75 Å². The molecular weight excluding hydrogens is 500 g/mol. The fourth-order valence-corrected chi connectivity index (χ4v) is 4.93. The molecule has 5 aromatic rings. The van der Waals surface area contributed by atoms with Gasteiger partial charge >= 0.3 is 5.97 Å². The molecule has 0 saturated carbocycles. The van der Waals surface area contributed by atoms with Crippen LogP contribution >= 0.6 is 11.3 Å². The fraction of sp³-hybridized carbons (Fsp3) is 0.172. The zero-order valence-corrected chi connectivity index (χ0v) is 22.6. The SMILES string of the molecule is CC(=O)N(C)c1cc(-c2ccc(-c3cc4ncccn4n3)cc2)sc1C(=O)O.COc1ccc(C)cc1C. The molecule has 1 amide bonds. The number of aryl methyl sites for hydroxylation is 2. The highest BCUT2D eigenvalue weighted by Crippen LogP contribution is 2.37. The van der Waals surface area contributed by atoms with Crippen LogP contribution in [0.3, 0.4) is 0 Å². The normalized spacial score (nSPS) is 10.6. The number of carboxylic acids is 1. The van der Waals surface area contributed by atoms with Crippen molar-refractivity contribution in [2.75, 3.05) is 19.1 Å². The highest BCUT2D eigenvalue weighted by atomic mass is 32.1. The van der Waals surface area contributed by atoms with Crippen LogP contribution < -0.4 is 9.64 Å². The number of aromatic nitrogens is 3. The zero-order chi connectivity index (χ0) is 27.4. The van der Waals surface area contributed by atoms with E-state index in [2.05, 4.69) is 23.1 Å². The minimum Gasteiger partial charge on any atom is -0.496 e. The van der Waals surface area contributed by atoms with Crippen molar-refractivity contribution in [3.8, 4) is 27.4 Å². The lowest BCUT2D eigenvalue weighted by Gasteiger charge is -2.13. The number of carbonyl (C=O) groups excluding carboxylic acids is 1. The summed E-state index contributed by atoms with van der Waals surface area (Å²) in [6, 6.07) is 19.3. The molecule has 3 aromatic heterocycles. The molecule has 0 aliphatic rings. The van der Waals surface area contributed by atoms with E-state index in [4.69, 9.17) is 4.74 Å². The largest absolute Gasteiger partial charge is 0.496 e. The van der Waals surface area contributed by atoms with Crippen LogP contribution in [0.25, 0.3) is 27.3 Å². The van der Waals surface area contributed by atoms with Gasteiger partial charge in [0.05, 0.1) is 18.5 Å². The number of fused-ring (bicyclic) bond motifs is 1. The molecule has 0 spiro atoms. The third-order valence-corrected chi connectivity index (χ3v) is 7.15. The highest BCUT2D eigenvalue weighted by molar-refractivity contribution is 7.18. The number of hydrogen-bond acceptors (Lipinski definition) is 6. The van der Waals surface area contributed by atoms with Crippen LogP contribution in [0.4, 0.5) is 5.69 Å². The molecule has 2 aromatic carbocycles. The summed E-state index contributed by atoms with van der Waals surface area (Å²) in [6.07, 6.45) is 3.56. The van der Waals surface area contributed by atoms with Gasteiger partial charge in [-0.15, -0.1) is 11.3 Å². The number of aromatic carboxylic acids is 1. The first-order chi connectivity index (χ1) is 18.2. The number of amides is 1. The average Bonchev–Trinajstić information content (AvgIpc) is 3.54. The lowest BCUT2D eigenvalue weighted by molar-refractivity contribution is -0.116. The number of methoxy groups -OCH3 is 1. The summed E-state index contributed by atoms with van der Waals surface area (Å²) in [5, 5.41) is 14.0. The Balaban J connectivity index is 0.000000283. The molecule has 1 N–H and O–H groups in total. The van der Waals surface area contributed by atoms with Gasteiger partial charge in [-0.2, -0.15) is 5.10 Å². The second-order valence-corrected chi connectivity index (χ2v) is 9.76. The third kappa shape index (κ3) is 5.73. The van der Waals surface area contributed by atoms with Crippen LogP contribution in [0, 0.1) is 13.8 Å². The summed E-state index contributed by atoms with van der Waals surface area (Å²) in [4.78, 5) is 29.8. The molecule has 0 fully saturated rings. The fourth-order valence-electron chi connectivity index (χ4n) is 3.90. The molecule has 3 heterocycles. The Kier molecular flexibility index (Phi) is 7.87. The minimum atomic E-state index is -1.05. The van der Waals surface area contributed by atoms with Crippen molar-refractivity contribution in [2.45, 2.75) is 20.8 Å². The van der Waals surface area contributed by atoms with Crippen molar-refractivity contribution in [1.82, 2.24) is 14.6 Å². The van der Waals surface area contributed by atoms with Crippen LogP contribution in [0.2, 0.25) is 0 Å². The molecule has 194 valence electrons. The van der Waals surface area contributed by atoms with E-state index in [9.17, 15) is 14.7 Å². The number of anilines is 1. The number of benzene rings is 2. The molecule has 0 bridgehead atoms. The Morgan fingerprint density at radius 3 is 2.34 bits per heavy atom. The monoisotopic (exact) mass is 528 g/mol. The van der Waals surface area contributed by atoms with E-state index in [1.807, 2.05) is 61.7 Å². The lowest BCUT2D eigenvalue weighted by atomic mass is 10.1. The van der Waals surface area contributed by atoms with Crippen LogP contribution in [0.15, 0.2) is 73.1 Å². The maximum Gasteiger partial charge on any atom is 0.348 e. The zero-order valence-electron chi connectivity index (χ0n) is 21.8. The molecule has 0 aliphatic heterocycles. The molecule has 5 rings (SSSR count). The number of thiophene rings is 1. The Labute approximate surface area is 224 Å². The van der Waals surface area contributed by atoms with E-state index in [1.165, 1.54) is 23.0 Å². The number of hydrogen-bond donors (Lipinski definition) is 1. The average molecular weight is 529 g/mol. The van der Waals surface area contributed by atoms with Crippen molar-refractivity contribution >= 4 is 34.5 Å². The van der Waals surface area contributed by atoms with Gasteiger partial charge in [0.15, 0.2) is 5.65 Å². The molecule has 38 heavy (non-hydrogen) atoms. The predicted octanol–water partition coefficient (Wildman–Crippen LogP) is 6.12. The summed E-state index contributed by atoms with van der Waals surface area (Å²) in [5.41, 5.74) is 6.26. The molecule has 9 heteroatoms. The summed E-state index contributed by atoms with van der Waals surface area (Å²) in [7, 11) is 3.26. The summed E-state index contributed by atoms with van der Waals surface area (Å²) in [5.74, 6) is -0.304. The van der Waals surface area contributed by atoms with Crippen LogP contribution in [-0.4, -0.2) is 45.7 Å². The summed E-state index contributed by atoms with van der Waals surface area (Å²) in [6.45, 7) is 5.53. The van der Waals surface area contributed by atoms with E-state index in [0.717, 1.165) is 44.4 Å². The molecule has 0 atom stereocenters. The van der Waals surface area contributed by atoms with Crippen LogP contribution in [-0.2, 0) is 4.79 Å². The van der Waals surface area contributed by atoms with Crippen molar-refractivity contribution in [3.63, 3.8) is 0 Å². The third-order valence-electron chi connectivity index (χ3n) is 5.99. The second kappa shape index (κ2) is 11.3. The van der Waals surface area contributed by atoms with Gasteiger partial charge < -0.3 is 14.7 Å². The van der Waals surface area contributed by atoms with Gasteiger partial charge in [0.1, 0.15) is 10.6 Å². The van der Waals surface area contributed by atoms with Crippen molar-refractivity contribution in [1.29, 1.82) is 0 Å². The van der Waals surface area contributed by atoms with E-state index in [-0.39, 0.29) is 10.8 Å². The maximum absolute atomic E-state index is 11.7.